The molecule has 3 aromatic heterocycles. The number of fused-ring (bicyclic) bond motifs is 1. The summed E-state index contributed by atoms with van der Waals surface area (Å²) in [5.41, 5.74) is 0.796. The molecule has 156 valence electrons. The standard InChI is InChI=1S/C20H20N4O4S2/c1-3-11-8-12-17(21-10-22-18(12)30-11)29-9-13-15(19(25)27-4-2)16(24-20(26)23-13)14-6-5-7-28-14/h5-8,10,16H,3-4,9H2,1-2H3,(H2,23,24,26). The van der Waals surface area contributed by atoms with Gasteiger partial charge in [0.25, 0.3) is 0 Å². The molecule has 1 atom stereocenters. The van der Waals surface area contributed by atoms with Crippen LogP contribution < -0.4 is 10.6 Å². The molecule has 1 aliphatic heterocycles. The van der Waals surface area contributed by atoms with Crippen molar-refractivity contribution >= 4 is 45.3 Å². The van der Waals surface area contributed by atoms with Crippen molar-refractivity contribution in [1.29, 1.82) is 0 Å². The fourth-order valence-electron chi connectivity index (χ4n) is 3.16. The molecule has 8 nitrogen and oxygen atoms in total. The number of nitrogens with one attached hydrogen (secondary N) is 2. The molecule has 0 aliphatic carbocycles. The van der Waals surface area contributed by atoms with Crippen molar-refractivity contribution in [2.24, 2.45) is 0 Å². The van der Waals surface area contributed by atoms with E-state index >= 15 is 0 Å². The van der Waals surface area contributed by atoms with Crippen LogP contribution in [0.15, 0.2) is 51.5 Å². The lowest BCUT2D eigenvalue weighted by molar-refractivity contribution is -0.139. The molecule has 2 N–H and O–H groups in total. The quantitative estimate of drug-likeness (QED) is 0.324. The van der Waals surface area contributed by atoms with Crippen LogP contribution in [0.3, 0.4) is 0 Å². The molecule has 2 amide bonds. The van der Waals surface area contributed by atoms with Crippen molar-refractivity contribution in [3.05, 3.63) is 52.7 Å². The van der Waals surface area contributed by atoms with E-state index in [-0.39, 0.29) is 6.61 Å². The van der Waals surface area contributed by atoms with Gasteiger partial charge in [-0.1, -0.05) is 18.7 Å². The van der Waals surface area contributed by atoms with Crippen molar-refractivity contribution in [2.75, 3.05) is 12.4 Å². The summed E-state index contributed by atoms with van der Waals surface area (Å²) in [6.07, 6.45) is 3.96. The molecule has 0 spiro atoms. The zero-order valence-electron chi connectivity index (χ0n) is 16.4. The monoisotopic (exact) mass is 444 g/mol. The Morgan fingerprint density at radius 2 is 2.23 bits per heavy atom. The minimum atomic E-state index is -0.721. The third kappa shape index (κ3) is 4.05. The molecule has 30 heavy (non-hydrogen) atoms. The Labute approximate surface area is 181 Å². The molecule has 1 aliphatic rings. The van der Waals surface area contributed by atoms with Gasteiger partial charge in [0.1, 0.15) is 28.0 Å². The van der Waals surface area contributed by atoms with Crippen molar-refractivity contribution < 1.29 is 18.7 Å². The zero-order chi connectivity index (χ0) is 21.1. The van der Waals surface area contributed by atoms with Crippen LogP contribution in [0, 0.1) is 0 Å². The summed E-state index contributed by atoms with van der Waals surface area (Å²) in [6, 6.07) is 4.39. The lowest BCUT2D eigenvalue weighted by Crippen LogP contribution is -2.46. The second-order valence-corrected chi connectivity index (χ2v) is 8.49. The maximum absolute atomic E-state index is 12.7. The maximum atomic E-state index is 12.7. The molecular formula is C20H20N4O4S2. The predicted molar refractivity (Wildman–Crippen MR) is 114 cm³/mol. The summed E-state index contributed by atoms with van der Waals surface area (Å²) in [5, 5.41) is 7.28. The number of furan rings is 1. The Hall–Kier alpha value is -2.85. The number of carbonyl (C=O) groups is 2. The number of esters is 1. The van der Waals surface area contributed by atoms with Crippen molar-refractivity contribution in [2.45, 2.75) is 31.3 Å². The number of hydrogen-bond acceptors (Lipinski definition) is 8. The molecular weight excluding hydrogens is 424 g/mol. The van der Waals surface area contributed by atoms with Gasteiger partial charge in [0.05, 0.1) is 18.4 Å². The number of nitrogens with zero attached hydrogens (tertiary/aromatic N) is 2. The fourth-order valence-corrected chi connectivity index (χ4v) is 5.11. The van der Waals surface area contributed by atoms with Gasteiger partial charge in [-0.3, -0.25) is 0 Å². The highest BCUT2D eigenvalue weighted by molar-refractivity contribution is 7.99. The van der Waals surface area contributed by atoms with E-state index in [4.69, 9.17) is 9.15 Å². The number of ether oxygens (including phenoxy) is 1. The number of hydrogen-bond donors (Lipinski definition) is 2. The topological polar surface area (TPSA) is 106 Å². The van der Waals surface area contributed by atoms with Crippen LogP contribution in [-0.2, 0) is 16.0 Å². The molecule has 1 unspecified atom stereocenters. The lowest BCUT2D eigenvalue weighted by Gasteiger charge is -2.27. The normalized spacial score (nSPS) is 16.5. The summed E-state index contributed by atoms with van der Waals surface area (Å²) >= 11 is 3.08. The van der Waals surface area contributed by atoms with Crippen LogP contribution in [0.25, 0.3) is 10.2 Å². The number of thiophene rings is 1. The molecule has 4 rings (SSSR count). The average molecular weight is 445 g/mol. The average Bonchev–Trinajstić information content (AvgIpc) is 3.41. The van der Waals surface area contributed by atoms with Gasteiger partial charge in [0.2, 0.25) is 0 Å². The van der Waals surface area contributed by atoms with E-state index in [1.165, 1.54) is 29.2 Å². The minimum absolute atomic E-state index is 0.225. The molecule has 10 heteroatoms. The first-order chi connectivity index (χ1) is 14.6. The summed E-state index contributed by atoms with van der Waals surface area (Å²) < 4.78 is 10.7. The van der Waals surface area contributed by atoms with Gasteiger partial charge < -0.3 is 19.8 Å². The summed E-state index contributed by atoms with van der Waals surface area (Å²) in [4.78, 5) is 35.9. The van der Waals surface area contributed by atoms with Crippen LogP contribution >= 0.6 is 23.1 Å². The lowest BCUT2D eigenvalue weighted by atomic mass is 10.0. The summed E-state index contributed by atoms with van der Waals surface area (Å²) in [7, 11) is 0. The first-order valence-corrected chi connectivity index (χ1v) is 11.3. The minimum Gasteiger partial charge on any atom is -0.467 e. The number of amides is 2. The fraction of sp³-hybridized carbons (Fsp3) is 0.300. The first kappa shape index (κ1) is 20.4. The van der Waals surface area contributed by atoms with Crippen molar-refractivity contribution in [3.8, 4) is 0 Å². The van der Waals surface area contributed by atoms with Gasteiger partial charge in [-0.25, -0.2) is 19.6 Å². The molecule has 0 bridgehead atoms. The number of rotatable bonds is 7. The maximum Gasteiger partial charge on any atom is 0.338 e. The third-order valence-electron chi connectivity index (χ3n) is 4.52. The van der Waals surface area contributed by atoms with Gasteiger partial charge in [-0.2, -0.15) is 0 Å². The Morgan fingerprint density at radius 1 is 1.37 bits per heavy atom. The van der Waals surface area contributed by atoms with Gasteiger partial charge in [0.15, 0.2) is 0 Å². The second kappa shape index (κ2) is 8.88. The molecule has 0 aromatic carbocycles. The number of aromatic nitrogens is 2. The summed E-state index contributed by atoms with van der Waals surface area (Å²) in [6.45, 7) is 4.06. The van der Waals surface area contributed by atoms with E-state index in [0.717, 1.165) is 21.7 Å². The van der Waals surface area contributed by atoms with Gasteiger partial charge in [-0.05, 0) is 31.5 Å². The predicted octanol–water partition coefficient (Wildman–Crippen LogP) is 3.81. The van der Waals surface area contributed by atoms with Crippen LogP contribution in [0.1, 0.15) is 30.5 Å². The smallest absolute Gasteiger partial charge is 0.338 e. The Balaban J connectivity index is 1.68. The second-order valence-electron chi connectivity index (χ2n) is 6.41. The van der Waals surface area contributed by atoms with Crippen molar-refractivity contribution in [1.82, 2.24) is 20.6 Å². The van der Waals surface area contributed by atoms with E-state index in [9.17, 15) is 9.59 Å². The number of aryl methyl sites for hydroxylation is 1. The Morgan fingerprint density at radius 3 is 2.97 bits per heavy atom. The molecule has 4 heterocycles. The molecule has 0 fully saturated rings. The van der Waals surface area contributed by atoms with Gasteiger partial charge in [0, 0.05) is 21.7 Å². The number of thioether (sulfide) groups is 1. The van der Waals surface area contributed by atoms with Crippen LogP contribution in [0.4, 0.5) is 4.79 Å². The highest BCUT2D eigenvalue weighted by Gasteiger charge is 2.35. The van der Waals surface area contributed by atoms with Gasteiger partial charge >= 0.3 is 12.0 Å². The highest BCUT2D eigenvalue weighted by atomic mass is 32.2. The Kier molecular flexibility index (Phi) is 6.05. The highest BCUT2D eigenvalue weighted by Crippen LogP contribution is 2.34. The number of carbonyl (C=O) groups excluding carboxylic acids is 2. The van der Waals surface area contributed by atoms with E-state index < -0.39 is 18.0 Å². The van der Waals surface area contributed by atoms with E-state index in [1.54, 1.807) is 30.4 Å². The molecule has 0 saturated carbocycles. The van der Waals surface area contributed by atoms with Crippen molar-refractivity contribution in [3.63, 3.8) is 0 Å². The van der Waals surface area contributed by atoms with E-state index in [2.05, 4.69) is 33.6 Å². The first-order valence-electron chi connectivity index (χ1n) is 9.48. The Bertz CT molecular complexity index is 1110. The van der Waals surface area contributed by atoms with E-state index in [0.29, 0.717) is 22.8 Å². The summed E-state index contributed by atoms with van der Waals surface area (Å²) in [5.74, 6) is 0.297. The number of urea groups is 1. The van der Waals surface area contributed by atoms with Crippen LogP contribution in [0.2, 0.25) is 0 Å². The molecule has 0 radical (unpaired) electrons. The third-order valence-corrected chi connectivity index (χ3v) is 6.74. The SMILES string of the molecule is CCOC(=O)C1=C(CSc2ncnc3sc(CC)cc23)NC(=O)NC1c1ccco1. The zero-order valence-corrected chi connectivity index (χ0v) is 18.1. The van der Waals surface area contributed by atoms with Crippen LogP contribution in [0.5, 0.6) is 0 Å². The van der Waals surface area contributed by atoms with Gasteiger partial charge in [-0.15, -0.1) is 11.3 Å². The van der Waals surface area contributed by atoms with Crippen LogP contribution in [-0.4, -0.2) is 34.3 Å². The molecule has 0 saturated heterocycles. The largest absolute Gasteiger partial charge is 0.467 e. The molecule has 3 aromatic rings. The van der Waals surface area contributed by atoms with E-state index in [1.807, 2.05) is 0 Å².